The first kappa shape index (κ1) is 31.3. The maximum absolute atomic E-state index is 7.22. The molecule has 0 aliphatic heterocycles. The normalized spacial score (nSPS) is 16.1. The Balaban J connectivity index is 3.34. The fourth-order valence-corrected chi connectivity index (χ4v) is 6.47. The lowest BCUT2D eigenvalue weighted by Gasteiger charge is -2.50. The van der Waals surface area contributed by atoms with Crippen molar-refractivity contribution in [3.05, 3.63) is 47.5 Å². The molecule has 0 saturated carbocycles. The minimum absolute atomic E-state index is 0.114. The summed E-state index contributed by atoms with van der Waals surface area (Å²) < 4.78 is 20.7. The van der Waals surface area contributed by atoms with Crippen LogP contribution < -0.4 is 0 Å². The van der Waals surface area contributed by atoms with Gasteiger partial charge in [-0.1, -0.05) is 83.5 Å². The van der Waals surface area contributed by atoms with E-state index in [2.05, 4.69) is 119 Å². The fourth-order valence-electron chi connectivity index (χ4n) is 3.39. The van der Waals surface area contributed by atoms with E-state index in [4.69, 9.17) is 13.6 Å². The highest BCUT2D eigenvalue weighted by atomic mass is 28.4. The highest BCUT2D eigenvalue weighted by molar-refractivity contribution is 6.74. The quantitative estimate of drug-likeness (QED) is 0.209. The average molecular weight is 507 g/mol. The molecule has 0 fully saturated rings. The van der Waals surface area contributed by atoms with Gasteiger partial charge in [0.1, 0.15) is 0 Å². The topological polar surface area (TPSA) is 27.7 Å². The summed E-state index contributed by atoms with van der Waals surface area (Å²) in [7, 11) is -4.09. The van der Waals surface area contributed by atoms with E-state index in [1.807, 2.05) is 6.07 Å². The van der Waals surface area contributed by atoms with Crippen LogP contribution in [0.15, 0.2) is 42.0 Å². The van der Waals surface area contributed by atoms with Crippen LogP contribution in [0.25, 0.3) is 0 Å². The first-order valence-corrected chi connectivity index (χ1v) is 18.8. The highest BCUT2D eigenvalue weighted by Crippen LogP contribution is 2.44. The second kappa shape index (κ2) is 12.0. The number of ether oxygens (including phenoxy) is 1. The van der Waals surface area contributed by atoms with E-state index in [1.54, 1.807) is 0 Å². The van der Waals surface area contributed by atoms with Gasteiger partial charge in [0.05, 0.1) is 24.9 Å². The smallest absolute Gasteiger partial charge is 0.192 e. The molecule has 1 rings (SSSR count). The summed E-state index contributed by atoms with van der Waals surface area (Å²) in [6.45, 7) is 30.9. The lowest BCUT2D eigenvalue weighted by molar-refractivity contribution is -0.0870. The summed E-state index contributed by atoms with van der Waals surface area (Å²) in [5.41, 5.74) is 2.10. The van der Waals surface area contributed by atoms with Crippen molar-refractivity contribution < 1.29 is 13.6 Å². The standard InChI is InChI=1S/C29H54O3Si2/c1-24(2)18-17-21-29(9,32-34(12,13)28(6,7)8)26(31-33(10,11)27(3,4)5)23-30-22-25-19-15-14-16-20-25/h14-16,18-20,26H,17,21-23H2,1-13H3/t26-,29+/m0/s1. The largest absolute Gasteiger partial charge is 0.409 e. The van der Waals surface area contributed by atoms with E-state index in [9.17, 15) is 0 Å². The molecule has 0 saturated heterocycles. The Morgan fingerprint density at radius 1 is 0.853 bits per heavy atom. The van der Waals surface area contributed by atoms with E-state index in [-0.39, 0.29) is 16.2 Å². The summed E-state index contributed by atoms with van der Waals surface area (Å²) in [5, 5.41) is 0.236. The number of benzene rings is 1. The summed E-state index contributed by atoms with van der Waals surface area (Å²) in [6.07, 6.45) is 4.08. The molecule has 0 bridgehead atoms. The Morgan fingerprint density at radius 3 is 1.85 bits per heavy atom. The van der Waals surface area contributed by atoms with Gasteiger partial charge in [0.2, 0.25) is 0 Å². The van der Waals surface area contributed by atoms with Crippen molar-refractivity contribution >= 4 is 16.6 Å². The first-order valence-electron chi connectivity index (χ1n) is 12.9. The van der Waals surface area contributed by atoms with Crippen molar-refractivity contribution in [1.82, 2.24) is 0 Å². The van der Waals surface area contributed by atoms with Crippen LogP contribution in [0.1, 0.15) is 80.7 Å². The third-order valence-electron chi connectivity index (χ3n) is 7.79. The van der Waals surface area contributed by atoms with Crippen LogP contribution in [-0.4, -0.2) is 34.9 Å². The van der Waals surface area contributed by atoms with E-state index in [0.717, 1.165) is 12.8 Å². The van der Waals surface area contributed by atoms with Gasteiger partial charge < -0.3 is 13.6 Å². The predicted molar refractivity (Wildman–Crippen MR) is 154 cm³/mol. The number of hydrogen-bond acceptors (Lipinski definition) is 3. The molecule has 0 aliphatic rings. The molecule has 1 aromatic carbocycles. The Hall–Kier alpha value is -0.726. The zero-order chi connectivity index (χ0) is 26.4. The van der Waals surface area contributed by atoms with Crippen LogP contribution in [-0.2, 0) is 20.2 Å². The molecule has 0 spiro atoms. The van der Waals surface area contributed by atoms with Gasteiger partial charge >= 0.3 is 0 Å². The van der Waals surface area contributed by atoms with Crippen LogP contribution in [0, 0.1) is 0 Å². The second-order valence-electron chi connectivity index (χ2n) is 13.4. The Labute approximate surface area is 213 Å². The maximum Gasteiger partial charge on any atom is 0.192 e. The SMILES string of the molecule is CC(C)=CCC[C@@](C)(O[Si](C)(C)C(C)(C)C)[C@H](COCc1ccccc1)O[Si](C)(C)C(C)(C)C. The Kier molecular flexibility index (Phi) is 11.1. The van der Waals surface area contributed by atoms with Crippen molar-refractivity contribution in [3.63, 3.8) is 0 Å². The minimum atomic E-state index is -2.05. The Bertz CT molecular complexity index is 769. The third kappa shape index (κ3) is 9.38. The number of rotatable bonds is 12. The van der Waals surface area contributed by atoms with E-state index < -0.39 is 22.2 Å². The van der Waals surface area contributed by atoms with E-state index >= 15 is 0 Å². The van der Waals surface area contributed by atoms with Gasteiger partial charge in [-0.3, -0.25) is 0 Å². The van der Waals surface area contributed by atoms with Gasteiger partial charge in [-0.15, -0.1) is 0 Å². The molecule has 0 aromatic heterocycles. The van der Waals surface area contributed by atoms with Gasteiger partial charge in [-0.2, -0.15) is 0 Å². The molecule has 0 heterocycles. The summed E-state index contributed by atoms with van der Waals surface area (Å²) in [6, 6.07) is 10.4. The zero-order valence-corrected chi connectivity index (χ0v) is 26.6. The predicted octanol–water partition coefficient (Wildman–Crippen LogP) is 9.12. The molecule has 0 unspecified atom stereocenters. The number of allylic oxidation sites excluding steroid dienone is 2. The summed E-state index contributed by atoms with van der Waals surface area (Å²) in [5.74, 6) is 0. The zero-order valence-electron chi connectivity index (χ0n) is 24.6. The van der Waals surface area contributed by atoms with Gasteiger partial charge in [0.25, 0.3) is 0 Å². The van der Waals surface area contributed by atoms with Gasteiger partial charge in [-0.05, 0) is 75.4 Å². The fraction of sp³-hybridized carbons (Fsp3) is 0.724. The van der Waals surface area contributed by atoms with Crippen molar-refractivity contribution in [1.29, 1.82) is 0 Å². The lowest BCUT2D eigenvalue weighted by atomic mass is 9.93. The van der Waals surface area contributed by atoms with Gasteiger partial charge in [0.15, 0.2) is 16.6 Å². The van der Waals surface area contributed by atoms with Crippen molar-refractivity contribution in [2.24, 2.45) is 0 Å². The van der Waals surface area contributed by atoms with Gasteiger partial charge in [0, 0.05) is 0 Å². The molecule has 0 N–H and O–H groups in total. The van der Waals surface area contributed by atoms with Crippen molar-refractivity contribution in [2.45, 2.75) is 130 Å². The van der Waals surface area contributed by atoms with E-state index in [1.165, 1.54) is 11.1 Å². The lowest BCUT2D eigenvalue weighted by Crippen LogP contribution is -2.59. The molecular weight excluding hydrogens is 452 g/mol. The number of hydrogen-bond donors (Lipinski definition) is 0. The molecule has 1 aromatic rings. The van der Waals surface area contributed by atoms with Crippen LogP contribution in [0.2, 0.25) is 36.3 Å². The van der Waals surface area contributed by atoms with Crippen molar-refractivity contribution in [2.75, 3.05) is 6.61 Å². The average Bonchev–Trinajstić information content (AvgIpc) is 2.65. The molecule has 3 nitrogen and oxygen atoms in total. The highest BCUT2D eigenvalue weighted by Gasteiger charge is 2.49. The molecule has 0 aliphatic carbocycles. The van der Waals surface area contributed by atoms with Gasteiger partial charge in [-0.25, -0.2) is 0 Å². The van der Waals surface area contributed by atoms with Crippen molar-refractivity contribution in [3.8, 4) is 0 Å². The van der Waals surface area contributed by atoms with Crippen LogP contribution in [0.5, 0.6) is 0 Å². The molecule has 5 heteroatoms. The molecule has 34 heavy (non-hydrogen) atoms. The second-order valence-corrected chi connectivity index (χ2v) is 22.8. The third-order valence-corrected chi connectivity index (χ3v) is 16.9. The maximum atomic E-state index is 7.22. The first-order chi connectivity index (χ1) is 15.3. The van der Waals surface area contributed by atoms with Crippen LogP contribution >= 0.6 is 0 Å². The van der Waals surface area contributed by atoms with Crippen LogP contribution in [0.3, 0.4) is 0 Å². The molecule has 0 radical (unpaired) electrons. The summed E-state index contributed by atoms with van der Waals surface area (Å²) >= 11 is 0. The molecular formula is C29H54O3Si2. The minimum Gasteiger partial charge on any atom is -0.409 e. The monoisotopic (exact) mass is 506 g/mol. The molecule has 2 atom stereocenters. The van der Waals surface area contributed by atoms with E-state index in [0.29, 0.717) is 13.2 Å². The molecule has 0 amide bonds. The Morgan fingerprint density at radius 2 is 1.38 bits per heavy atom. The molecule has 196 valence electrons. The summed E-state index contributed by atoms with van der Waals surface area (Å²) in [4.78, 5) is 0. The van der Waals surface area contributed by atoms with Crippen LogP contribution in [0.4, 0.5) is 0 Å².